The van der Waals surface area contributed by atoms with Crippen molar-refractivity contribution in [1.29, 1.82) is 0 Å². The lowest BCUT2D eigenvalue weighted by atomic mass is 10.0. The molecule has 2 aromatic heterocycles. The number of ether oxygens (including phenoxy) is 2. The van der Waals surface area contributed by atoms with Gasteiger partial charge in [0.25, 0.3) is 0 Å². The number of hydrogen-bond acceptors (Lipinski definition) is 8. The minimum atomic E-state index is -0.704. The molecule has 14 nitrogen and oxygen atoms in total. The van der Waals surface area contributed by atoms with Gasteiger partial charge in [0.05, 0.1) is 50.1 Å². The van der Waals surface area contributed by atoms with Crippen LogP contribution in [0.15, 0.2) is 60.9 Å². The molecular formula is C42H54N8O6. The number of alkyl carbamates (subject to hydrolysis) is 2. The van der Waals surface area contributed by atoms with Gasteiger partial charge in [-0.3, -0.25) is 9.59 Å². The molecule has 0 saturated carbocycles. The third-order valence-corrected chi connectivity index (χ3v) is 11.2. The van der Waals surface area contributed by atoms with Crippen LogP contribution in [-0.2, 0) is 19.1 Å². The van der Waals surface area contributed by atoms with E-state index >= 15 is 0 Å². The second kappa shape index (κ2) is 17.0. The van der Waals surface area contributed by atoms with Gasteiger partial charge in [0.15, 0.2) is 0 Å². The van der Waals surface area contributed by atoms with Crippen molar-refractivity contribution in [2.45, 2.75) is 103 Å². The number of likely N-dealkylation sites (tertiary alicyclic amines) is 2. The number of imidazole rings is 2. The molecule has 0 unspecified atom stereocenters. The van der Waals surface area contributed by atoms with Gasteiger partial charge in [-0.25, -0.2) is 19.6 Å². The van der Waals surface area contributed by atoms with E-state index in [9.17, 15) is 19.2 Å². The van der Waals surface area contributed by atoms with Gasteiger partial charge in [-0.1, -0.05) is 76.2 Å². The van der Waals surface area contributed by atoms with Crippen LogP contribution >= 0.6 is 0 Å². The predicted octanol–water partition coefficient (Wildman–Crippen LogP) is 7.00. The molecule has 4 amide bonds. The number of aromatic nitrogens is 4. The zero-order valence-electron chi connectivity index (χ0n) is 33.5. The fourth-order valence-electron chi connectivity index (χ4n) is 7.96. The average molecular weight is 767 g/mol. The molecule has 4 aromatic rings. The number of amides is 4. The summed E-state index contributed by atoms with van der Waals surface area (Å²) in [6.45, 7) is 11.7. The maximum atomic E-state index is 13.7. The zero-order chi connectivity index (χ0) is 40.3. The van der Waals surface area contributed by atoms with E-state index in [-0.39, 0.29) is 47.8 Å². The average Bonchev–Trinajstić information content (AvgIpc) is 4.02. The highest BCUT2D eigenvalue weighted by atomic mass is 16.5. The number of H-pyrrole nitrogens is 2. The maximum absolute atomic E-state index is 13.7. The fourth-order valence-corrected chi connectivity index (χ4v) is 7.96. The molecule has 2 aliphatic rings. The van der Waals surface area contributed by atoms with Crippen molar-refractivity contribution in [3.63, 3.8) is 0 Å². The van der Waals surface area contributed by atoms with Gasteiger partial charge in [0, 0.05) is 12.1 Å². The summed E-state index contributed by atoms with van der Waals surface area (Å²) in [4.78, 5) is 71.5. The van der Waals surface area contributed by atoms with Crippen molar-refractivity contribution >= 4 is 24.0 Å². The standard InChI is InChI=1S/C42H54N8O6/c1-23(2)35(47-41(53)55-7)39(51)49-25(5)9-19-33(49)37-43-21-31(45-37)29-15-11-27(12-16-29)28-13-17-30(18-14-28)32-22-44-38(46-32)34-20-10-26(6)50(34)40(52)36(24(3)4)48-42(54)56-8/h11-18,21-26,33-36H,9-10,19-20H2,1-8H3,(H,43,45)(H,44,46)(H,47,53)(H,48,54)/t25-,26-,33+,34+,35+,36+/m1/s1. The molecular weight excluding hydrogens is 713 g/mol. The van der Waals surface area contributed by atoms with Crippen LogP contribution in [0.1, 0.15) is 91.0 Å². The molecule has 0 radical (unpaired) electrons. The summed E-state index contributed by atoms with van der Waals surface area (Å²) in [5, 5.41) is 5.43. The lowest BCUT2D eigenvalue weighted by molar-refractivity contribution is -0.138. The van der Waals surface area contributed by atoms with Crippen LogP contribution in [-0.4, -0.2) is 92.1 Å². The van der Waals surface area contributed by atoms with Crippen LogP contribution in [0, 0.1) is 11.8 Å². The van der Waals surface area contributed by atoms with Crippen molar-refractivity contribution < 1.29 is 28.7 Å². The lowest BCUT2D eigenvalue weighted by Gasteiger charge is -2.32. The number of nitrogens with one attached hydrogen (secondary N) is 4. The molecule has 4 N–H and O–H groups in total. The second-order valence-electron chi connectivity index (χ2n) is 15.6. The summed E-state index contributed by atoms with van der Waals surface area (Å²) >= 11 is 0. The van der Waals surface area contributed by atoms with E-state index in [1.54, 1.807) is 12.4 Å². The van der Waals surface area contributed by atoms with Crippen LogP contribution < -0.4 is 10.6 Å². The first kappa shape index (κ1) is 40.0. The SMILES string of the molecule is COC(=O)N[C@H](C(=O)N1[C@H](C)CC[C@H]1c1ncc(-c2ccc(-c3ccc(-c4cnc([C@@H]5CC[C@@H](C)N5C(=O)[C@@H](NC(=O)OC)C(C)C)[nH]4)cc3)cc2)[nH]1)C(C)C. The molecule has 2 fully saturated rings. The minimum absolute atomic E-state index is 0.000678. The fraction of sp³-hybridized carbons (Fsp3) is 0.476. The monoisotopic (exact) mass is 766 g/mol. The zero-order valence-corrected chi connectivity index (χ0v) is 33.5. The topological polar surface area (TPSA) is 175 Å². The predicted molar refractivity (Wildman–Crippen MR) is 212 cm³/mol. The summed E-state index contributed by atoms with van der Waals surface area (Å²) in [6, 6.07) is 14.6. The minimum Gasteiger partial charge on any atom is -0.453 e. The number of carbonyl (C=O) groups is 4. The number of benzene rings is 2. The van der Waals surface area contributed by atoms with E-state index in [4.69, 9.17) is 19.4 Å². The Bertz CT molecular complexity index is 1860. The van der Waals surface area contributed by atoms with E-state index in [0.717, 1.165) is 71.0 Å². The Kier molecular flexibility index (Phi) is 12.2. The van der Waals surface area contributed by atoms with Gasteiger partial charge in [0.2, 0.25) is 11.8 Å². The van der Waals surface area contributed by atoms with Crippen molar-refractivity contribution in [2.75, 3.05) is 14.2 Å². The van der Waals surface area contributed by atoms with Crippen molar-refractivity contribution in [3.8, 4) is 33.6 Å². The largest absolute Gasteiger partial charge is 0.453 e. The van der Waals surface area contributed by atoms with Gasteiger partial charge < -0.3 is 39.9 Å². The van der Waals surface area contributed by atoms with Gasteiger partial charge in [-0.2, -0.15) is 0 Å². The number of rotatable bonds is 11. The highest BCUT2D eigenvalue weighted by molar-refractivity contribution is 5.87. The molecule has 14 heteroatoms. The van der Waals surface area contributed by atoms with Gasteiger partial charge in [-0.05, 0) is 73.6 Å². The summed E-state index contributed by atoms with van der Waals surface area (Å²) in [7, 11) is 2.58. The maximum Gasteiger partial charge on any atom is 0.407 e. The van der Waals surface area contributed by atoms with Gasteiger partial charge in [-0.15, -0.1) is 0 Å². The van der Waals surface area contributed by atoms with E-state index in [0.29, 0.717) is 0 Å². The summed E-state index contributed by atoms with van der Waals surface area (Å²) in [5.41, 5.74) is 5.76. The normalized spacial score (nSPS) is 20.6. The van der Waals surface area contributed by atoms with Crippen LogP contribution in [0.5, 0.6) is 0 Å². The Morgan fingerprint density at radius 3 is 1.27 bits per heavy atom. The molecule has 2 aliphatic heterocycles. The first-order valence-corrected chi connectivity index (χ1v) is 19.5. The molecule has 298 valence electrons. The van der Waals surface area contributed by atoms with Crippen LogP contribution in [0.2, 0.25) is 0 Å². The van der Waals surface area contributed by atoms with E-state index in [1.165, 1.54) is 14.2 Å². The van der Waals surface area contributed by atoms with Gasteiger partial charge in [0.1, 0.15) is 23.7 Å². The smallest absolute Gasteiger partial charge is 0.407 e. The summed E-state index contributed by atoms with van der Waals surface area (Å²) in [5.74, 6) is 0.918. The number of carbonyl (C=O) groups excluding carboxylic acids is 4. The van der Waals surface area contributed by atoms with E-state index in [1.807, 2.05) is 51.3 Å². The third-order valence-electron chi connectivity index (χ3n) is 11.2. The Balaban J connectivity index is 1.13. The summed E-state index contributed by atoms with van der Waals surface area (Å²) < 4.78 is 9.56. The van der Waals surface area contributed by atoms with Crippen molar-refractivity contribution in [3.05, 3.63) is 72.6 Å². The molecule has 6 rings (SSSR count). The first-order valence-electron chi connectivity index (χ1n) is 19.5. The number of nitrogens with zero attached hydrogens (tertiary/aromatic N) is 4. The van der Waals surface area contributed by atoms with Crippen molar-refractivity contribution in [2.24, 2.45) is 11.8 Å². The molecule has 6 atom stereocenters. The molecule has 0 bridgehead atoms. The quantitative estimate of drug-likeness (QED) is 0.126. The Hall–Kier alpha value is -5.66. The van der Waals surface area contributed by atoms with Crippen molar-refractivity contribution in [1.82, 2.24) is 40.4 Å². The van der Waals surface area contributed by atoms with E-state index in [2.05, 4.69) is 69.1 Å². The Morgan fingerprint density at radius 2 is 0.946 bits per heavy atom. The highest BCUT2D eigenvalue weighted by Gasteiger charge is 2.42. The van der Waals surface area contributed by atoms with E-state index < -0.39 is 24.3 Å². The number of methoxy groups -OCH3 is 2. The first-order chi connectivity index (χ1) is 26.8. The van der Waals surface area contributed by atoms with Crippen LogP contribution in [0.25, 0.3) is 33.6 Å². The molecule has 2 saturated heterocycles. The molecule has 0 spiro atoms. The second-order valence-corrected chi connectivity index (χ2v) is 15.6. The number of hydrogen-bond donors (Lipinski definition) is 4. The molecule has 2 aromatic carbocycles. The molecule has 56 heavy (non-hydrogen) atoms. The third kappa shape index (κ3) is 8.29. The van der Waals surface area contributed by atoms with Crippen LogP contribution in [0.4, 0.5) is 9.59 Å². The van der Waals surface area contributed by atoms with Gasteiger partial charge >= 0.3 is 12.2 Å². The Morgan fingerprint density at radius 1 is 0.607 bits per heavy atom. The highest BCUT2D eigenvalue weighted by Crippen LogP contribution is 2.38. The van der Waals surface area contributed by atoms with Crippen LogP contribution in [0.3, 0.4) is 0 Å². The Labute approximate surface area is 328 Å². The summed E-state index contributed by atoms with van der Waals surface area (Å²) in [6.07, 6.45) is 5.56. The lowest BCUT2D eigenvalue weighted by Crippen LogP contribution is -2.52. The molecule has 4 heterocycles. The number of aromatic amines is 2. The molecule has 0 aliphatic carbocycles.